The number of alkyl halides is 10. The van der Waals surface area contributed by atoms with E-state index >= 15 is 0 Å². The SMILES string of the molecule is FC(F)=COC(F)(F)C(F)OC(F)(F)C(F)(F)OC(F)(F)F. The molecule has 15 heteroatoms. The molecule has 0 saturated carbocycles. The zero-order valence-electron chi connectivity index (χ0n) is 9.42. The summed E-state index contributed by atoms with van der Waals surface area (Å²) in [6.07, 6.45) is -34.1. The molecule has 0 amide bonds. The van der Waals surface area contributed by atoms with Crippen molar-refractivity contribution < 1.29 is 66.9 Å². The van der Waals surface area contributed by atoms with Gasteiger partial charge in [0.15, 0.2) is 6.26 Å². The molecule has 0 spiro atoms. The normalized spacial score (nSPS) is 15.5. The maximum Gasteiger partial charge on any atom is 0.527 e. The summed E-state index contributed by atoms with van der Waals surface area (Å²) in [7, 11) is 0. The van der Waals surface area contributed by atoms with Crippen LogP contribution in [-0.2, 0) is 14.2 Å². The van der Waals surface area contributed by atoms with Crippen molar-refractivity contribution in [2.45, 2.75) is 31.0 Å². The van der Waals surface area contributed by atoms with Crippen LogP contribution in [0.3, 0.4) is 0 Å². The minimum absolute atomic E-state index is 1.14. The number of hydrogen-bond acceptors (Lipinski definition) is 3. The molecule has 0 heterocycles. The third-order valence-electron chi connectivity index (χ3n) is 1.40. The average Bonchev–Trinajstić information content (AvgIpc) is 2.22. The molecular formula is C7H2F12O3. The summed E-state index contributed by atoms with van der Waals surface area (Å²) >= 11 is 0. The predicted molar refractivity (Wildman–Crippen MR) is 39.3 cm³/mol. The van der Waals surface area contributed by atoms with E-state index in [1.54, 1.807) is 4.74 Å². The fraction of sp³-hybridized carbons (Fsp3) is 0.714. The van der Waals surface area contributed by atoms with Crippen LogP contribution in [0.4, 0.5) is 52.7 Å². The molecule has 0 fully saturated rings. The van der Waals surface area contributed by atoms with Crippen LogP contribution in [0.1, 0.15) is 0 Å². The first-order chi connectivity index (χ1) is 9.50. The second-order valence-corrected chi connectivity index (χ2v) is 3.10. The molecule has 0 aromatic carbocycles. The van der Waals surface area contributed by atoms with Crippen molar-refractivity contribution >= 4 is 0 Å². The number of rotatable bonds is 7. The van der Waals surface area contributed by atoms with E-state index in [1.807, 2.05) is 0 Å². The molecule has 22 heavy (non-hydrogen) atoms. The fourth-order valence-electron chi connectivity index (χ4n) is 0.649. The monoisotopic (exact) mass is 362 g/mol. The van der Waals surface area contributed by atoms with Gasteiger partial charge in [0.05, 0.1) is 0 Å². The summed E-state index contributed by atoms with van der Waals surface area (Å²) in [6.45, 7) is 0. The van der Waals surface area contributed by atoms with Crippen molar-refractivity contribution in [1.82, 2.24) is 0 Å². The van der Waals surface area contributed by atoms with Crippen molar-refractivity contribution in [3.63, 3.8) is 0 Å². The van der Waals surface area contributed by atoms with E-state index in [9.17, 15) is 52.7 Å². The summed E-state index contributed by atoms with van der Waals surface area (Å²) in [5.74, 6) is 0. The van der Waals surface area contributed by atoms with Gasteiger partial charge in [0.25, 0.3) is 0 Å². The number of halogens is 12. The maximum absolute atomic E-state index is 12.6. The average molecular weight is 362 g/mol. The molecule has 0 aliphatic rings. The van der Waals surface area contributed by atoms with Crippen LogP contribution < -0.4 is 0 Å². The van der Waals surface area contributed by atoms with Crippen molar-refractivity contribution in [3.8, 4) is 0 Å². The van der Waals surface area contributed by atoms with Gasteiger partial charge in [0.1, 0.15) is 0 Å². The standard InChI is InChI=1S/C7H2F12O3/c8-2(9)1-20-4(11,12)3(10)21-5(13,14)6(15,16)22-7(17,18)19/h1,3H. The van der Waals surface area contributed by atoms with Crippen LogP contribution in [0.5, 0.6) is 0 Å². The molecule has 1 unspecified atom stereocenters. The highest BCUT2D eigenvalue weighted by molar-refractivity contribution is 4.75. The van der Waals surface area contributed by atoms with E-state index in [2.05, 4.69) is 9.47 Å². The predicted octanol–water partition coefficient (Wildman–Crippen LogP) is 4.37. The molecule has 0 radical (unpaired) electrons. The summed E-state index contributed by atoms with van der Waals surface area (Å²) in [4.78, 5) is 0. The summed E-state index contributed by atoms with van der Waals surface area (Å²) in [5.41, 5.74) is 0. The Labute approximate surface area is 112 Å². The Morgan fingerprint density at radius 2 is 1.27 bits per heavy atom. The van der Waals surface area contributed by atoms with Crippen molar-refractivity contribution in [1.29, 1.82) is 0 Å². The first kappa shape index (κ1) is 20.6. The molecule has 0 N–H and O–H groups in total. The topological polar surface area (TPSA) is 27.7 Å². The van der Waals surface area contributed by atoms with Crippen LogP contribution in [-0.4, -0.2) is 31.0 Å². The van der Waals surface area contributed by atoms with Gasteiger partial charge in [-0.05, 0) is 0 Å². The van der Waals surface area contributed by atoms with E-state index in [0.717, 1.165) is 0 Å². The molecule has 0 rings (SSSR count). The second-order valence-electron chi connectivity index (χ2n) is 3.10. The second kappa shape index (κ2) is 6.39. The maximum atomic E-state index is 12.6. The van der Waals surface area contributed by atoms with Gasteiger partial charge < -0.3 is 4.74 Å². The molecule has 0 aromatic rings. The first-order valence-electron chi connectivity index (χ1n) is 4.41. The van der Waals surface area contributed by atoms with E-state index < -0.39 is 43.4 Å². The lowest BCUT2D eigenvalue weighted by Crippen LogP contribution is -2.51. The quantitative estimate of drug-likeness (QED) is 0.497. The minimum Gasteiger partial charge on any atom is -0.431 e. The van der Waals surface area contributed by atoms with Crippen LogP contribution >= 0.6 is 0 Å². The van der Waals surface area contributed by atoms with Gasteiger partial charge >= 0.3 is 37.1 Å². The molecule has 0 saturated heterocycles. The van der Waals surface area contributed by atoms with E-state index in [1.165, 1.54) is 0 Å². The van der Waals surface area contributed by atoms with E-state index in [0.29, 0.717) is 0 Å². The van der Waals surface area contributed by atoms with Gasteiger partial charge in [0.2, 0.25) is 0 Å². The minimum atomic E-state index is -6.60. The Morgan fingerprint density at radius 3 is 1.64 bits per heavy atom. The zero-order valence-corrected chi connectivity index (χ0v) is 9.42. The van der Waals surface area contributed by atoms with Crippen molar-refractivity contribution in [2.24, 2.45) is 0 Å². The lowest BCUT2D eigenvalue weighted by Gasteiger charge is -2.28. The van der Waals surface area contributed by atoms with Gasteiger partial charge in [-0.25, -0.2) is 9.13 Å². The van der Waals surface area contributed by atoms with Crippen molar-refractivity contribution in [2.75, 3.05) is 0 Å². The Kier molecular flexibility index (Phi) is 5.99. The Bertz CT molecular complexity index is 398. The summed E-state index contributed by atoms with van der Waals surface area (Å²) in [5, 5.41) is 0. The molecule has 132 valence electrons. The zero-order chi connectivity index (χ0) is 18.0. The Morgan fingerprint density at radius 1 is 0.818 bits per heavy atom. The van der Waals surface area contributed by atoms with Gasteiger partial charge in [0, 0.05) is 0 Å². The van der Waals surface area contributed by atoms with Gasteiger partial charge in [-0.3, -0.25) is 4.74 Å². The smallest absolute Gasteiger partial charge is 0.431 e. The molecule has 1 atom stereocenters. The van der Waals surface area contributed by atoms with Crippen LogP contribution in [0, 0.1) is 0 Å². The molecule has 0 aliphatic carbocycles. The summed E-state index contributed by atoms with van der Waals surface area (Å²) in [6, 6.07) is 0. The highest BCUT2D eigenvalue weighted by Gasteiger charge is 2.67. The van der Waals surface area contributed by atoms with E-state index in [-0.39, 0.29) is 0 Å². The van der Waals surface area contributed by atoms with Gasteiger partial charge in [-0.1, -0.05) is 0 Å². The highest BCUT2D eigenvalue weighted by Crippen LogP contribution is 2.43. The van der Waals surface area contributed by atoms with Gasteiger partial charge in [-0.2, -0.15) is 35.1 Å². The molecule has 0 aromatic heterocycles. The molecule has 3 nitrogen and oxygen atoms in total. The lowest BCUT2D eigenvalue weighted by atomic mass is 10.5. The fourth-order valence-corrected chi connectivity index (χ4v) is 0.649. The van der Waals surface area contributed by atoms with Crippen LogP contribution in [0.25, 0.3) is 0 Å². The Hall–Kier alpha value is -1.38. The van der Waals surface area contributed by atoms with Crippen LogP contribution in [0.2, 0.25) is 0 Å². The van der Waals surface area contributed by atoms with E-state index in [4.69, 9.17) is 0 Å². The molecule has 0 aliphatic heterocycles. The first-order valence-corrected chi connectivity index (χ1v) is 4.41. The van der Waals surface area contributed by atoms with Crippen molar-refractivity contribution in [3.05, 3.63) is 12.3 Å². The third-order valence-corrected chi connectivity index (χ3v) is 1.40. The third kappa shape index (κ3) is 6.17. The largest absolute Gasteiger partial charge is 0.527 e. The van der Waals surface area contributed by atoms with Crippen LogP contribution in [0.15, 0.2) is 12.3 Å². The number of hydrogen-bond donors (Lipinski definition) is 0. The summed E-state index contributed by atoms with van der Waals surface area (Å²) < 4.78 is 151. The highest BCUT2D eigenvalue weighted by atomic mass is 19.4. The lowest BCUT2D eigenvalue weighted by molar-refractivity contribution is -0.521. The molecule has 0 bridgehead atoms. The van der Waals surface area contributed by atoms with Gasteiger partial charge in [-0.15, -0.1) is 13.2 Å². The Balaban J connectivity index is 5.06. The number of ether oxygens (including phenoxy) is 3. The molecular weight excluding hydrogens is 360 g/mol.